The molecule has 2 heterocycles. The molecular formula is C24H26F4N2O2. The minimum atomic E-state index is -1.78. The molecule has 0 aliphatic carbocycles. The molecule has 2 fully saturated rings. The Balaban J connectivity index is 1.58. The number of aliphatic hydroxyl groups is 1. The van der Waals surface area contributed by atoms with Crippen molar-refractivity contribution in [3.8, 4) is 0 Å². The third-order valence-corrected chi connectivity index (χ3v) is 7.06. The smallest absolute Gasteiger partial charge is 0.227 e. The average molecular weight is 450 g/mol. The molecule has 4 nitrogen and oxygen atoms in total. The standard InChI is InChI=1S/C24H26F4N2O2/c1-13-11-30(12-14(2)24(13,32)22-19(26)4-3-5-20(22)27)23(31)18-10-29-9-17(18)16-7-6-15(25)8-21(16)28/h3-8,13-14,17-18,29,32H,9-12H2,1-2H3/t13-,14+,17-,18+,24-/m0/s1. The fourth-order valence-electron chi connectivity index (χ4n) is 5.35. The lowest BCUT2D eigenvalue weighted by Crippen LogP contribution is -2.57. The molecule has 5 atom stereocenters. The molecular weight excluding hydrogens is 424 g/mol. The van der Waals surface area contributed by atoms with Gasteiger partial charge in [0, 0.05) is 50.0 Å². The van der Waals surface area contributed by atoms with Crippen molar-refractivity contribution in [2.75, 3.05) is 26.2 Å². The second-order valence-electron chi connectivity index (χ2n) is 9.00. The summed E-state index contributed by atoms with van der Waals surface area (Å²) in [5, 5.41) is 14.5. The van der Waals surface area contributed by atoms with Gasteiger partial charge in [0.15, 0.2) is 0 Å². The van der Waals surface area contributed by atoms with Gasteiger partial charge in [-0.25, -0.2) is 17.6 Å². The van der Waals surface area contributed by atoms with E-state index in [1.165, 1.54) is 18.2 Å². The first kappa shape index (κ1) is 22.7. The molecule has 0 bridgehead atoms. The van der Waals surface area contributed by atoms with Crippen LogP contribution in [0.2, 0.25) is 0 Å². The Hall–Kier alpha value is -2.45. The van der Waals surface area contributed by atoms with Gasteiger partial charge in [-0.3, -0.25) is 4.79 Å². The summed E-state index contributed by atoms with van der Waals surface area (Å²) in [6, 6.07) is 6.81. The summed E-state index contributed by atoms with van der Waals surface area (Å²) >= 11 is 0. The molecule has 8 heteroatoms. The number of carbonyl (C=O) groups excluding carboxylic acids is 1. The van der Waals surface area contributed by atoms with E-state index in [4.69, 9.17) is 0 Å². The quantitative estimate of drug-likeness (QED) is 0.704. The number of carbonyl (C=O) groups is 1. The van der Waals surface area contributed by atoms with E-state index in [1.54, 1.807) is 18.7 Å². The Morgan fingerprint density at radius 1 is 1.00 bits per heavy atom. The van der Waals surface area contributed by atoms with E-state index in [1.807, 2.05) is 0 Å². The predicted octanol–water partition coefficient (Wildman–Crippen LogP) is 3.55. The molecule has 2 aromatic rings. The Labute approximate surface area is 184 Å². The van der Waals surface area contributed by atoms with Crippen LogP contribution in [0.15, 0.2) is 36.4 Å². The number of rotatable bonds is 3. The zero-order valence-corrected chi connectivity index (χ0v) is 17.9. The first-order valence-corrected chi connectivity index (χ1v) is 10.8. The SMILES string of the molecule is C[C@@H]1CN(C(=O)[C@@H]2CNC[C@H]2c2ccc(F)cc2F)C[C@H](C)[C@@]1(O)c1c(F)cccc1F. The van der Waals surface area contributed by atoms with Crippen molar-refractivity contribution < 1.29 is 27.5 Å². The zero-order chi connectivity index (χ0) is 23.2. The van der Waals surface area contributed by atoms with E-state index >= 15 is 0 Å². The van der Waals surface area contributed by atoms with E-state index in [-0.39, 0.29) is 30.1 Å². The lowest BCUT2D eigenvalue weighted by molar-refractivity contribution is -0.153. The molecule has 0 radical (unpaired) electrons. The van der Waals surface area contributed by atoms with Crippen molar-refractivity contribution in [2.24, 2.45) is 17.8 Å². The minimum Gasteiger partial charge on any atom is -0.384 e. The van der Waals surface area contributed by atoms with Crippen LogP contribution in [0.25, 0.3) is 0 Å². The van der Waals surface area contributed by atoms with Gasteiger partial charge >= 0.3 is 0 Å². The summed E-state index contributed by atoms with van der Waals surface area (Å²) < 4.78 is 56.7. The predicted molar refractivity (Wildman–Crippen MR) is 111 cm³/mol. The lowest BCUT2D eigenvalue weighted by atomic mass is 9.70. The number of nitrogens with zero attached hydrogens (tertiary/aromatic N) is 1. The molecule has 0 unspecified atom stereocenters. The molecule has 32 heavy (non-hydrogen) atoms. The van der Waals surface area contributed by atoms with Gasteiger partial charge in [0.25, 0.3) is 0 Å². The molecule has 2 aliphatic rings. The van der Waals surface area contributed by atoms with Crippen LogP contribution >= 0.6 is 0 Å². The third kappa shape index (κ3) is 3.69. The maximum absolute atomic E-state index is 14.5. The van der Waals surface area contributed by atoms with E-state index in [9.17, 15) is 27.5 Å². The van der Waals surface area contributed by atoms with Crippen LogP contribution in [-0.4, -0.2) is 42.1 Å². The van der Waals surface area contributed by atoms with Crippen molar-refractivity contribution in [3.63, 3.8) is 0 Å². The van der Waals surface area contributed by atoms with Crippen molar-refractivity contribution >= 4 is 5.91 Å². The van der Waals surface area contributed by atoms with Gasteiger partial charge in [-0.15, -0.1) is 0 Å². The lowest BCUT2D eigenvalue weighted by Gasteiger charge is -2.48. The van der Waals surface area contributed by atoms with Gasteiger partial charge in [0.05, 0.1) is 11.5 Å². The van der Waals surface area contributed by atoms with Crippen LogP contribution in [0.3, 0.4) is 0 Å². The van der Waals surface area contributed by atoms with Crippen LogP contribution < -0.4 is 5.32 Å². The Kier molecular flexibility index (Phi) is 6.02. The number of piperidine rings is 1. The summed E-state index contributed by atoms with van der Waals surface area (Å²) in [4.78, 5) is 15.0. The molecule has 2 saturated heterocycles. The number of nitrogens with one attached hydrogen (secondary N) is 1. The van der Waals surface area contributed by atoms with Crippen molar-refractivity contribution in [1.29, 1.82) is 0 Å². The molecule has 0 spiro atoms. The van der Waals surface area contributed by atoms with E-state index < -0.39 is 52.5 Å². The highest BCUT2D eigenvalue weighted by Gasteiger charge is 2.50. The van der Waals surface area contributed by atoms with Gasteiger partial charge in [0.1, 0.15) is 28.9 Å². The van der Waals surface area contributed by atoms with Gasteiger partial charge in [0.2, 0.25) is 5.91 Å². The molecule has 0 aromatic heterocycles. The van der Waals surface area contributed by atoms with Crippen LogP contribution in [0.5, 0.6) is 0 Å². The minimum absolute atomic E-state index is 0.0998. The van der Waals surface area contributed by atoms with Gasteiger partial charge in [-0.05, 0) is 23.8 Å². The largest absolute Gasteiger partial charge is 0.384 e. The van der Waals surface area contributed by atoms with Gasteiger partial charge in [-0.1, -0.05) is 26.0 Å². The zero-order valence-electron chi connectivity index (χ0n) is 17.9. The van der Waals surface area contributed by atoms with Gasteiger partial charge < -0.3 is 15.3 Å². The van der Waals surface area contributed by atoms with Crippen molar-refractivity contribution in [3.05, 3.63) is 70.8 Å². The fraction of sp³-hybridized carbons (Fsp3) is 0.458. The summed E-state index contributed by atoms with van der Waals surface area (Å²) in [6.45, 7) is 4.23. The highest BCUT2D eigenvalue weighted by Crippen LogP contribution is 2.44. The molecule has 2 aliphatic heterocycles. The first-order valence-electron chi connectivity index (χ1n) is 10.8. The number of benzene rings is 2. The van der Waals surface area contributed by atoms with Crippen LogP contribution in [0, 0.1) is 41.0 Å². The first-order chi connectivity index (χ1) is 15.1. The topological polar surface area (TPSA) is 52.6 Å². The number of hydrogen-bond donors (Lipinski definition) is 2. The van der Waals surface area contributed by atoms with Gasteiger partial charge in [-0.2, -0.15) is 0 Å². The molecule has 2 aromatic carbocycles. The molecule has 1 amide bonds. The Morgan fingerprint density at radius 3 is 2.22 bits per heavy atom. The number of halogens is 4. The number of hydrogen-bond acceptors (Lipinski definition) is 3. The third-order valence-electron chi connectivity index (χ3n) is 7.06. The molecule has 4 rings (SSSR count). The summed E-state index contributed by atoms with van der Waals surface area (Å²) in [5.74, 6) is -5.55. The second-order valence-corrected chi connectivity index (χ2v) is 9.00. The Bertz CT molecular complexity index is 999. The summed E-state index contributed by atoms with van der Waals surface area (Å²) in [5.41, 5.74) is -1.87. The van der Waals surface area contributed by atoms with E-state index in [0.717, 1.165) is 18.2 Å². The maximum Gasteiger partial charge on any atom is 0.227 e. The normalized spacial score (nSPS) is 30.5. The van der Waals surface area contributed by atoms with E-state index in [0.29, 0.717) is 13.1 Å². The maximum atomic E-state index is 14.5. The number of likely N-dealkylation sites (tertiary alicyclic amines) is 1. The molecule has 2 N–H and O–H groups in total. The fourth-order valence-corrected chi connectivity index (χ4v) is 5.35. The van der Waals surface area contributed by atoms with Crippen LogP contribution in [0.1, 0.15) is 30.9 Å². The van der Waals surface area contributed by atoms with Crippen LogP contribution in [0.4, 0.5) is 17.6 Å². The van der Waals surface area contributed by atoms with E-state index in [2.05, 4.69) is 5.32 Å². The highest BCUT2D eigenvalue weighted by atomic mass is 19.1. The monoisotopic (exact) mass is 450 g/mol. The molecule has 0 saturated carbocycles. The molecule has 172 valence electrons. The summed E-state index contributed by atoms with van der Waals surface area (Å²) in [6.07, 6.45) is 0. The highest BCUT2D eigenvalue weighted by molar-refractivity contribution is 5.81. The van der Waals surface area contributed by atoms with Crippen molar-refractivity contribution in [2.45, 2.75) is 25.4 Å². The Morgan fingerprint density at radius 2 is 1.62 bits per heavy atom. The average Bonchev–Trinajstić information content (AvgIpc) is 3.20. The summed E-state index contributed by atoms with van der Waals surface area (Å²) in [7, 11) is 0. The van der Waals surface area contributed by atoms with Crippen LogP contribution in [-0.2, 0) is 10.4 Å². The van der Waals surface area contributed by atoms with Crippen molar-refractivity contribution in [1.82, 2.24) is 10.2 Å². The number of amides is 1. The second kappa shape index (κ2) is 8.48.